The Morgan fingerprint density at radius 3 is 3.00 bits per heavy atom. The molecule has 0 amide bonds. The van der Waals surface area contributed by atoms with E-state index in [2.05, 4.69) is 22.9 Å². The summed E-state index contributed by atoms with van der Waals surface area (Å²) in [7, 11) is 0. The van der Waals surface area contributed by atoms with Crippen LogP contribution < -0.4 is 5.73 Å². The van der Waals surface area contributed by atoms with Crippen LogP contribution in [0.25, 0.3) is 0 Å². The van der Waals surface area contributed by atoms with Crippen LogP contribution in [0.5, 0.6) is 0 Å². The Bertz CT molecular complexity index is 309. The van der Waals surface area contributed by atoms with Crippen molar-refractivity contribution in [2.75, 3.05) is 13.2 Å². The van der Waals surface area contributed by atoms with Crippen LogP contribution in [0, 0.1) is 6.92 Å². The number of hydrogen-bond donors (Lipinski definition) is 1. The fraction of sp³-hybridized carbons (Fsp3) is 0.556. The van der Waals surface area contributed by atoms with Crippen LogP contribution in [0.2, 0.25) is 0 Å². The fourth-order valence-corrected chi connectivity index (χ4v) is 2.87. The van der Waals surface area contributed by atoms with Gasteiger partial charge in [-0.2, -0.15) is 0 Å². The molecule has 2 unspecified atom stereocenters. The monoisotopic (exact) mass is 277 g/mol. The van der Waals surface area contributed by atoms with Gasteiger partial charge in [0.2, 0.25) is 0 Å². The number of halogens is 1. The number of ether oxygens (including phenoxy) is 2. The Balaban J connectivity index is 2.09. The molecule has 2 N–H and O–H groups in total. The van der Waals surface area contributed by atoms with Gasteiger partial charge in [0.15, 0.2) is 6.29 Å². The molecule has 0 spiro atoms. The molecule has 2 heterocycles. The van der Waals surface area contributed by atoms with Gasteiger partial charge in [-0.1, -0.05) is 0 Å². The maximum absolute atomic E-state index is 5.61. The quantitative estimate of drug-likeness (QED) is 0.902. The van der Waals surface area contributed by atoms with Crippen molar-refractivity contribution in [1.82, 2.24) is 0 Å². The van der Waals surface area contributed by atoms with E-state index in [1.165, 1.54) is 4.88 Å². The summed E-state index contributed by atoms with van der Waals surface area (Å²) in [6, 6.07) is 2.05. The lowest BCUT2D eigenvalue weighted by Gasteiger charge is -2.07. The molecule has 1 aliphatic heterocycles. The molecule has 0 aliphatic carbocycles. The van der Waals surface area contributed by atoms with E-state index in [0.29, 0.717) is 13.2 Å². The molecule has 78 valence electrons. The Labute approximate surface area is 95.3 Å². The van der Waals surface area contributed by atoms with Gasteiger partial charge in [0.05, 0.1) is 17.6 Å². The van der Waals surface area contributed by atoms with Gasteiger partial charge in [0, 0.05) is 15.9 Å². The molecule has 0 aromatic carbocycles. The van der Waals surface area contributed by atoms with Crippen molar-refractivity contribution < 1.29 is 9.47 Å². The van der Waals surface area contributed by atoms with Gasteiger partial charge < -0.3 is 15.2 Å². The molecule has 1 aromatic heterocycles. The molecule has 0 saturated carbocycles. The summed E-state index contributed by atoms with van der Waals surface area (Å²) in [5.41, 5.74) is 5.50. The average molecular weight is 278 g/mol. The second kappa shape index (κ2) is 4.28. The first-order valence-corrected chi connectivity index (χ1v) is 6.04. The highest BCUT2D eigenvalue weighted by Crippen LogP contribution is 2.35. The summed E-state index contributed by atoms with van der Waals surface area (Å²) >= 11 is 5.16. The summed E-state index contributed by atoms with van der Waals surface area (Å²) in [5, 5.41) is 0. The minimum Gasteiger partial charge on any atom is -0.345 e. The highest BCUT2D eigenvalue weighted by Gasteiger charge is 2.27. The first kappa shape index (κ1) is 10.6. The van der Waals surface area contributed by atoms with Gasteiger partial charge in [0.25, 0.3) is 0 Å². The number of rotatable bonds is 2. The topological polar surface area (TPSA) is 44.5 Å². The Hall–Kier alpha value is 0.0600. The van der Waals surface area contributed by atoms with Gasteiger partial charge in [-0.05, 0) is 28.9 Å². The van der Waals surface area contributed by atoms with E-state index in [1.807, 2.05) is 6.07 Å². The van der Waals surface area contributed by atoms with Crippen LogP contribution in [0.4, 0.5) is 0 Å². The lowest BCUT2D eigenvalue weighted by atomic mass is 10.4. The van der Waals surface area contributed by atoms with Crippen LogP contribution in [0.1, 0.15) is 16.0 Å². The van der Waals surface area contributed by atoms with Crippen molar-refractivity contribution in [1.29, 1.82) is 0 Å². The third-order valence-corrected chi connectivity index (χ3v) is 4.28. The minimum absolute atomic E-state index is 0.0428. The zero-order valence-corrected chi connectivity index (χ0v) is 10.2. The second-order valence-corrected chi connectivity index (χ2v) is 5.35. The lowest BCUT2D eigenvalue weighted by Crippen LogP contribution is -2.21. The summed E-state index contributed by atoms with van der Waals surface area (Å²) in [5.74, 6) is 0. The maximum atomic E-state index is 5.61. The molecule has 2 rings (SSSR count). The van der Waals surface area contributed by atoms with E-state index in [9.17, 15) is 0 Å². The molecule has 3 nitrogen and oxygen atoms in total. The first-order valence-electron chi connectivity index (χ1n) is 4.43. The van der Waals surface area contributed by atoms with Crippen LogP contribution in [0.3, 0.4) is 0 Å². The Kier molecular flexibility index (Phi) is 3.23. The second-order valence-electron chi connectivity index (χ2n) is 3.21. The van der Waals surface area contributed by atoms with Gasteiger partial charge in [-0.15, -0.1) is 11.3 Å². The van der Waals surface area contributed by atoms with Crippen molar-refractivity contribution in [3.63, 3.8) is 0 Å². The van der Waals surface area contributed by atoms with E-state index in [-0.39, 0.29) is 12.4 Å². The van der Waals surface area contributed by atoms with Crippen LogP contribution in [-0.4, -0.2) is 19.3 Å². The molecule has 1 aliphatic rings. The number of thiophene rings is 1. The van der Waals surface area contributed by atoms with E-state index in [4.69, 9.17) is 15.2 Å². The molecule has 14 heavy (non-hydrogen) atoms. The molecule has 1 fully saturated rings. The largest absolute Gasteiger partial charge is 0.345 e. The smallest absolute Gasteiger partial charge is 0.193 e. The molecular weight excluding hydrogens is 266 g/mol. The van der Waals surface area contributed by atoms with Gasteiger partial charge in [-0.3, -0.25) is 0 Å². The predicted octanol–water partition coefficient (Wildman–Crippen LogP) is 2.19. The maximum Gasteiger partial charge on any atom is 0.193 e. The SMILES string of the molecule is Cc1sc(C2OCC(CN)O2)cc1Br. The molecule has 0 bridgehead atoms. The Morgan fingerprint density at radius 1 is 1.71 bits per heavy atom. The zero-order chi connectivity index (χ0) is 10.1. The highest BCUT2D eigenvalue weighted by molar-refractivity contribution is 9.10. The zero-order valence-electron chi connectivity index (χ0n) is 7.83. The molecular formula is C9H12BrNO2S. The van der Waals surface area contributed by atoms with E-state index in [1.54, 1.807) is 11.3 Å². The highest BCUT2D eigenvalue weighted by atomic mass is 79.9. The lowest BCUT2D eigenvalue weighted by molar-refractivity contribution is -0.0559. The molecule has 2 atom stereocenters. The summed E-state index contributed by atoms with van der Waals surface area (Å²) in [6.45, 7) is 3.17. The van der Waals surface area contributed by atoms with Crippen molar-refractivity contribution in [2.45, 2.75) is 19.3 Å². The number of hydrogen-bond acceptors (Lipinski definition) is 4. The number of aryl methyl sites for hydroxylation is 1. The molecule has 5 heteroatoms. The Morgan fingerprint density at radius 2 is 2.50 bits per heavy atom. The van der Waals surface area contributed by atoms with Crippen molar-refractivity contribution in [3.8, 4) is 0 Å². The van der Waals surface area contributed by atoms with Crippen molar-refractivity contribution >= 4 is 27.3 Å². The first-order chi connectivity index (χ1) is 6.70. The minimum atomic E-state index is -0.224. The average Bonchev–Trinajstić information content (AvgIpc) is 2.74. The van der Waals surface area contributed by atoms with E-state index < -0.39 is 0 Å². The van der Waals surface area contributed by atoms with Crippen LogP contribution in [-0.2, 0) is 9.47 Å². The van der Waals surface area contributed by atoms with Gasteiger partial charge in [0.1, 0.15) is 0 Å². The van der Waals surface area contributed by atoms with Crippen molar-refractivity contribution in [3.05, 3.63) is 20.3 Å². The summed E-state index contributed by atoms with van der Waals surface area (Å²) < 4.78 is 12.2. The van der Waals surface area contributed by atoms with Crippen molar-refractivity contribution in [2.24, 2.45) is 5.73 Å². The molecule has 1 saturated heterocycles. The summed E-state index contributed by atoms with van der Waals surface area (Å²) in [4.78, 5) is 2.34. The standard InChI is InChI=1S/C9H12BrNO2S/c1-5-7(10)2-8(14-5)9-12-4-6(3-11)13-9/h2,6,9H,3-4,11H2,1H3. The number of nitrogens with two attached hydrogens (primary N) is 1. The third-order valence-electron chi connectivity index (χ3n) is 2.12. The normalized spacial score (nSPS) is 27.1. The third kappa shape index (κ3) is 2.01. The van der Waals surface area contributed by atoms with E-state index in [0.717, 1.165) is 9.35 Å². The van der Waals surface area contributed by atoms with Crippen LogP contribution in [0.15, 0.2) is 10.5 Å². The van der Waals surface area contributed by atoms with Gasteiger partial charge >= 0.3 is 0 Å². The predicted molar refractivity (Wildman–Crippen MR) is 59.4 cm³/mol. The van der Waals surface area contributed by atoms with E-state index >= 15 is 0 Å². The molecule has 0 radical (unpaired) electrons. The van der Waals surface area contributed by atoms with Gasteiger partial charge in [-0.25, -0.2) is 0 Å². The molecule has 1 aromatic rings. The fourth-order valence-electron chi connectivity index (χ4n) is 1.32. The van der Waals surface area contributed by atoms with Crippen LogP contribution >= 0.6 is 27.3 Å². The summed E-state index contributed by atoms with van der Waals surface area (Å²) in [6.07, 6.45) is -0.181.